The number of hydrogen-bond acceptors (Lipinski definition) is 6. The highest BCUT2D eigenvalue weighted by Crippen LogP contribution is 2.34. The first-order valence-electron chi connectivity index (χ1n) is 6.83. The lowest BCUT2D eigenvalue weighted by Crippen LogP contribution is -2.22. The molecule has 1 aliphatic heterocycles. The monoisotopic (exact) mass is 280 g/mol. The Labute approximate surface area is 114 Å². The molecule has 0 aromatic carbocycles. The molecule has 1 atom stereocenters. The summed E-state index contributed by atoms with van der Waals surface area (Å²) in [5.41, 5.74) is 0. The van der Waals surface area contributed by atoms with Crippen LogP contribution in [0.15, 0.2) is 0 Å². The Balaban J connectivity index is 1.67. The van der Waals surface area contributed by atoms with Crippen LogP contribution in [0.4, 0.5) is 0 Å². The number of hydrogen-bond donors (Lipinski definition) is 0. The van der Waals surface area contributed by atoms with Crippen molar-refractivity contribution >= 4 is 16.3 Å². The summed E-state index contributed by atoms with van der Waals surface area (Å²) in [7, 11) is 0. The molecule has 0 radical (unpaired) electrons. The largest absolute Gasteiger partial charge is 0.376 e. The fourth-order valence-electron chi connectivity index (χ4n) is 2.85. The normalized spacial score (nSPS) is 25.4. The molecule has 2 aromatic heterocycles. The molecule has 2 aliphatic rings. The molecule has 19 heavy (non-hydrogen) atoms. The van der Waals surface area contributed by atoms with Gasteiger partial charge in [0.05, 0.1) is 19.8 Å². The van der Waals surface area contributed by atoms with E-state index in [1.54, 1.807) is 11.3 Å². The standard InChI is InChI=1S/C12H16N4O2S/c1-2-4-8(3-1)10-13-14-12-16(10)15-11(19-12)9-7-17-5-6-18-9/h8-9H,1-7H2. The van der Waals surface area contributed by atoms with E-state index >= 15 is 0 Å². The average molecular weight is 280 g/mol. The van der Waals surface area contributed by atoms with Crippen molar-refractivity contribution < 1.29 is 9.47 Å². The third-order valence-corrected chi connectivity index (χ3v) is 4.83. The van der Waals surface area contributed by atoms with Crippen LogP contribution in [0.25, 0.3) is 4.96 Å². The van der Waals surface area contributed by atoms with Crippen molar-refractivity contribution in [2.45, 2.75) is 37.7 Å². The average Bonchev–Trinajstić information content (AvgIpc) is 3.15. The van der Waals surface area contributed by atoms with E-state index in [9.17, 15) is 0 Å². The van der Waals surface area contributed by atoms with Gasteiger partial charge >= 0.3 is 0 Å². The first-order valence-corrected chi connectivity index (χ1v) is 7.65. The van der Waals surface area contributed by atoms with Gasteiger partial charge in [0.2, 0.25) is 4.96 Å². The summed E-state index contributed by atoms with van der Waals surface area (Å²) in [4.78, 5) is 0.867. The van der Waals surface area contributed by atoms with E-state index in [4.69, 9.17) is 9.47 Å². The minimum absolute atomic E-state index is 0.0446. The molecule has 2 aromatic rings. The van der Waals surface area contributed by atoms with Gasteiger partial charge in [-0.05, 0) is 12.8 Å². The Morgan fingerprint density at radius 2 is 2.05 bits per heavy atom. The van der Waals surface area contributed by atoms with Crippen LogP contribution in [0.1, 0.15) is 48.5 Å². The van der Waals surface area contributed by atoms with E-state index in [0.29, 0.717) is 25.7 Å². The third-order valence-electron chi connectivity index (χ3n) is 3.84. The summed E-state index contributed by atoms with van der Waals surface area (Å²) in [6.07, 6.45) is 4.94. The zero-order chi connectivity index (χ0) is 12.7. The zero-order valence-electron chi connectivity index (χ0n) is 10.6. The summed E-state index contributed by atoms with van der Waals surface area (Å²) in [6, 6.07) is 0. The van der Waals surface area contributed by atoms with Gasteiger partial charge in [0, 0.05) is 5.92 Å². The number of aromatic nitrogens is 4. The maximum absolute atomic E-state index is 5.69. The molecular weight excluding hydrogens is 264 g/mol. The Morgan fingerprint density at radius 1 is 1.16 bits per heavy atom. The van der Waals surface area contributed by atoms with Crippen LogP contribution in [-0.4, -0.2) is 39.6 Å². The molecule has 102 valence electrons. The number of ether oxygens (including phenoxy) is 2. The smallest absolute Gasteiger partial charge is 0.234 e. The van der Waals surface area contributed by atoms with Gasteiger partial charge in [0.25, 0.3) is 0 Å². The zero-order valence-corrected chi connectivity index (χ0v) is 11.4. The molecule has 3 heterocycles. The van der Waals surface area contributed by atoms with Gasteiger partial charge in [0.1, 0.15) is 11.1 Å². The molecule has 2 fully saturated rings. The van der Waals surface area contributed by atoms with Crippen LogP contribution in [0, 0.1) is 0 Å². The van der Waals surface area contributed by atoms with Gasteiger partial charge in [-0.3, -0.25) is 0 Å². The van der Waals surface area contributed by atoms with Crippen molar-refractivity contribution in [2.75, 3.05) is 19.8 Å². The lowest BCUT2D eigenvalue weighted by atomic mass is 10.1. The Hall–Kier alpha value is -1.05. The van der Waals surface area contributed by atoms with Crippen molar-refractivity contribution in [3.8, 4) is 0 Å². The SMILES string of the molecule is C1CCC(c2nnc3sc(C4COCCO4)nn23)C1. The van der Waals surface area contributed by atoms with Crippen molar-refractivity contribution in [1.82, 2.24) is 19.8 Å². The second-order valence-corrected chi connectivity index (χ2v) is 6.10. The fraction of sp³-hybridized carbons (Fsp3) is 0.750. The molecule has 7 heteroatoms. The maximum Gasteiger partial charge on any atom is 0.234 e. The molecule has 0 spiro atoms. The van der Waals surface area contributed by atoms with Crippen molar-refractivity contribution in [2.24, 2.45) is 0 Å². The third kappa shape index (κ3) is 2.05. The highest BCUT2D eigenvalue weighted by atomic mass is 32.1. The Kier molecular flexibility index (Phi) is 2.97. The van der Waals surface area contributed by atoms with Crippen LogP contribution >= 0.6 is 11.3 Å². The molecule has 0 bridgehead atoms. The molecule has 1 saturated heterocycles. The Bertz CT molecular complexity index is 569. The summed E-state index contributed by atoms with van der Waals surface area (Å²) in [6.45, 7) is 1.90. The molecule has 0 amide bonds. The molecule has 1 saturated carbocycles. The quantitative estimate of drug-likeness (QED) is 0.841. The van der Waals surface area contributed by atoms with E-state index in [0.717, 1.165) is 15.8 Å². The second kappa shape index (κ2) is 4.81. The van der Waals surface area contributed by atoms with Gasteiger partial charge in [-0.2, -0.15) is 9.61 Å². The predicted molar refractivity (Wildman–Crippen MR) is 69.4 cm³/mol. The Morgan fingerprint density at radius 3 is 2.84 bits per heavy atom. The van der Waals surface area contributed by atoms with Crippen molar-refractivity contribution in [1.29, 1.82) is 0 Å². The van der Waals surface area contributed by atoms with E-state index < -0.39 is 0 Å². The minimum Gasteiger partial charge on any atom is -0.376 e. The van der Waals surface area contributed by atoms with E-state index in [1.807, 2.05) is 4.52 Å². The van der Waals surface area contributed by atoms with Crippen LogP contribution < -0.4 is 0 Å². The van der Waals surface area contributed by atoms with Crippen LogP contribution in [-0.2, 0) is 9.47 Å². The summed E-state index contributed by atoms with van der Waals surface area (Å²) in [5.74, 6) is 1.54. The predicted octanol–water partition coefficient (Wildman–Crippen LogP) is 1.93. The summed E-state index contributed by atoms with van der Waals surface area (Å²) >= 11 is 1.56. The molecule has 1 aliphatic carbocycles. The summed E-state index contributed by atoms with van der Waals surface area (Å²) in [5, 5.41) is 14.2. The number of nitrogens with zero attached hydrogens (tertiary/aromatic N) is 4. The molecule has 0 N–H and O–H groups in total. The van der Waals surface area contributed by atoms with E-state index in [1.165, 1.54) is 25.7 Å². The first kappa shape index (κ1) is 11.7. The number of fused-ring (bicyclic) bond motifs is 1. The van der Waals surface area contributed by atoms with E-state index in [-0.39, 0.29) is 6.10 Å². The molecule has 1 unspecified atom stereocenters. The maximum atomic E-state index is 5.69. The van der Waals surface area contributed by atoms with Crippen LogP contribution in [0.2, 0.25) is 0 Å². The van der Waals surface area contributed by atoms with Crippen LogP contribution in [0.5, 0.6) is 0 Å². The highest BCUT2D eigenvalue weighted by Gasteiger charge is 2.26. The molecular formula is C12H16N4O2S. The molecule has 6 nitrogen and oxygen atoms in total. The van der Waals surface area contributed by atoms with Gasteiger partial charge in [0.15, 0.2) is 5.82 Å². The second-order valence-electron chi connectivity index (χ2n) is 5.11. The lowest BCUT2D eigenvalue weighted by Gasteiger charge is -2.20. The minimum atomic E-state index is -0.0446. The van der Waals surface area contributed by atoms with Gasteiger partial charge in [-0.15, -0.1) is 10.2 Å². The highest BCUT2D eigenvalue weighted by molar-refractivity contribution is 7.16. The van der Waals surface area contributed by atoms with Crippen LogP contribution in [0.3, 0.4) is 0 Å². The van der Waals surface area contributed by atoms with Gasteiger partial charge in [-0.1, -0.05) is 24.2 Å². The fourth-order valence-corrected chi connectivity index (χ4v) is 3.73. The van der Waals surface area contributed by atoms with Crippen molar-refractivity contribution in [3.63, 3.8) is 0 Å². The van der Waals surface area contributed by atoms with E-state index in [2.05, 4.69) is 15.3 Å². The summed E-state index contributed by atoms with van der Waals surface area (Å²) < 4.78 is 13.0. The number of rotatable bonds is 2. The first-order chi connectivity index (χ1) is 9.42. The van der Waals surface area contributed by atoms with Crippen molar-refractivity contribution in [3.05, 3.63) is 10.8 Å². The topological polar surface area (TPSA) is 61.5 Å². The molecule has 4 rings (SSSR count). The van der Waals surface area contributed by atoms with Gasteiger partial charge in [-0.25, -0.2) is 0 Å². The lowest BCUT2D eigenvalue weighted by molar-refractivity contribution is -0.0904. The van der Waals surface area contributed by atoms with Gasteiger partial charge < -0.3 is 9.47 Å².